The van der Waals surface area contributed by atoms with Gasteiger partial charge in [-0.15, -0.1) is 0 Å². The molecule has 1 fully saturated rings. The summed E-state index contributed by atoms with van der Waals surface area (Å²) in [6.45, 7) is 2.58. The van der Waals surface area contributed by atoms with E-state index >= 15 is 0 Å². The first-order chi connectivity index (χ1) is 8.69. The Kier molecular flexibility index (Phi) is 2.39. The molecule has 0 radical (unpaired) electrons. The van der Waals surface area contributed by atoms with Crippen molar-refractivity contribution < 1.29 is 9.53 Å². The molecule has 1 aromatic carbocycles. The normalized spacial score (nSPS) is 29.1. The lowest BCUT2D eigenvalue weighted by Gasteiger charge is -2.52. The molecule has 3 rings (SSSR count). The van der Waals surface area contributed by atoms with E-state index in [0.717, 1.165) is 17.5 Å². The Balaban J connectivity index is 2.12. The molecular weight excluding hydrogens is 228 g/mol. The highest BCUT2D eigenvalue weighted by molar-refractivity contribution is 5.83. The maximum absolute atomic E-state index is 11.8. The molecular formula is C14H14N2O2. The van der Waals surface area contributed by atoms with Crippen molar-refractivity contribution in [2.24, 2.45) is 0 Å². The summed E-state index contributed by atoms with van der Waals surface area (Å²) in [5, 5.41) is 12.0. The van der Waals surface area contributed by atoms with Gasteiger partial charge in [-0.25, -0.2) is 0 Å². The molecule has 92 valence electrons. The second-order valence-corrected chi connectivity index (χ2v) is 4.89. The molecule has 2 aliphatic rings. The lowest BCUT2D eigenvalue weighted by Crippen LogP contribution is -2.67. The number of benzene rings is 1. The third-order valence-corrected chi connectivity index (χ3v) is 3.86. The van der Waals surface area contributed by atoms with Crippen LogP contribution < -0.4 is 5.32 Å². The van der Waals surface area contributed by atoms with Gasteiger partial charge in [0.2, 0.25) is 5.91 Å². The quantitative estimate of drug-likeness (QED) is 0.805. The fourth-order valence-corrected chi connectivity index (χ4v) is 2.98. The molecule has 18 heavy (non-hydrogen) atoms. The number of nitrogens with zero attached hydrogens (tertiary/aromatic N) is 1. The summed E-state index contributed by atoms with van der Waals surface area (Å²) in [4.78, 5) is 11.8. The summed E-state index contributed by atoms with van der Waals surface area (Å²) < 4.78 is 5.56. The SMILES string of the molecule is CCC1OCC12NC(=O)Cc1cc(C#N)ccc12. The first kappa shape index (κ1) is 11.2. The van der Waals surface area contributed by atoms with Gasteiger partial charge in [-0.1, -0.05) is 13.0 Å². The zero-order valence-electron chi connectivity index (χ0n) is 10.2. The first-order valence-electron chi connectivity index (χ1n) is 6.15. The van der Waals surface area contributed by atoms with Gasteiger partial charge in [-0.3, -0.25) is 4.79 Å². The molecule has 0 bridgehead atoms. The summed E-state index contributed by atoms with van der Waals surface area (Å²) in [6, 6.07) is 7.70. The van der Waals surface area contributed by atoms with Crippen LogP contribution in [0.4, 0.5) is 0 Å². The van der Waals surface area contributed by atoms with Crippen LogP contribution in [0.15, 0.2) is 18.2 Å². The maximum atomic E-state index is 11.8. The number of amides is 1. The summed E-state index contributed by atoms with van der Waals surface area (Å²) in [7, 11) is 0. The van der Waals surface area contributed by atoms with Gasteiger partial charge in [-0.05, 0) is 29.7 Å². The summed E-state index contributed by atoms with van der Waals surface area (Å²) in [5.41, 5.74) is 2.30. The van der Waals surface area contributed by atoms with Gasteiger partial charge in [-0.2, -0.15) is 5.26 Å². The van der Waals surface area contributed by atoms with Crippen LogP contribution in [0, 0.1) is 11.3 Å². The van der Waals surface area contributed by atoms with Gasteiger partial charge in [0.25, 0.3) is 0 Å². The summed E-state index contributed by atoms with van der Waals surface area (Å²) in [6.07, 6.45) is 1.25. The zero-order valence-corrected chi connectivity index (χ0v) is 10.2. The summed E-state index contributed by atoms with van der Waals surface area (Å²) >= 11 is 0. The molecule has 4 nitrogen and oxygen atoms in total. The molecule has 2 aliphatic heterocycles. The van der Waals surface area contributed by atoms with Crippen molar-refractivity contribution in [1.29, 1.82) is 5.26 Å². The molecule has 0 saturated carbocycles. The van der Waals surface area contributed by atoms with E-state index in [1.807, 2.05) is 18.2 Å². The number of hydrogen-bond donors (Lipinski definition) is 1. The average Bonchev–Trinajstić information content (AvgIpc) is 2.36. The Morgan fingerprint density at radius 2 is 2.44 bits per heavy atom. The second-order valence-electron chi connectivity index (χ2n) is 4.89. The van der Waals surface area contributed by atoms with Gasteiger partial charge in [0.15, 0.2) is 0 Å². The largest absolute Gasteiger partial charge is 0.372 e. The lowest BCUT2D eigenvalue weighted by molar-refractivity contribution is -0.167. The van der Waals surface area contributed by atoms with E-state index in [0.29, 0.717) is 18.6 Å². The van der Waals surface area contributed by atoms with Crippen molar-refractivity contribution >= 4 is 5.91 Å². The molecule has 1 amide bonds. The third-order valence-electron chi connectivity index (χ3n) is 3.86. The topological polar surface area (TPSA) is 62.1 Å². The van der Waals surface area contributed by atoms with Gasteiger partial charge < -0.3 is 10.1 Å². The van der Waals surface area contributed by atoms with Crippen molar-refractivity contribution in [3.8, 4) is 6.07 Å². The monoisotopic (exact) mass is 242 g/mol. The minimum atomic E-state index is -0.368. The molecule has 2 heterocycles. The van der Waals surface area contributed by atoms with E-state index in [1.54, 1.807) is 0 Å². The number of carbonyl (C=O) groups excluding carboxylic acids is 1. The van der Waals surface area contributed by atoms with Crippen LogP contribution in [-0.4, -0.2) is 18.6 Å². The van der Waals surface area contributed by atoms with Crippen molar-refractivity contribution in [3.63, 3.8) is 0 Å². The van der Waals surface area contributed by atoms with Gasteiger partial charge in [0.1, 0.15) is 5.54 Å². The standard InChI is InChI=1S/C14H14N2O2/c1-2-12-14(8-18-12)11-4-3-9(7-15)5-10(11)6-13(17)16-14/h3-5,12H,2,6,8H2,1H3,(H,16,17). The molecule has 4 heteroatoms. The Hall–Kier alpha value is -1.86. The Morgan fingerprint density at radius 1 is 1.61 bits per heavy atom. The van der Waals surface area contributed by atoms with Gasteiger partial charge >= 0.3 is 0 Å². The molecule has 0 aliphatic carbocycles. The Bertz CT molecular complexity index is 559. The molecule has 2 atom stereocenters. The van der Waals surface area contributed by atoms with Crippen LogP contribution in [0.5, 0.6) is 0 Å². The summed E-state index contributed by atoms with van der Waals surface area (Å²) in [5.74, 6) is 0.0133. The van der Waals surface area contributed by atoms with Gasteiger partial charge in [0, 0.05) is 0 Å². The van der Waals surface area contributed by atoms with Crippen molar-refractivity contribution in [2.45, 2.75) is 31.4 Å². The average molecular weight is 242 g/mol. The van der Waals surface area contributed by atoms with Crippen LogP contribution in [0.25, 0.3) is 0 Å². The number of hydrogen-bond acceptors (Lipinski definition) is 3. The molecule has 1 spiro atoms. The van der Waals surface area contributed by atoms with E-state index in [9.17, 15) is 4.79 Å². The molecule has 2 unspecified atom stereocenters. The van der Waals surface area contributed by atoms with E-state index < -0.39 is 0 Å². The van der Waals surface area contributed by atoms with Crippen molar-refractivity contribution in [2.75, 3.05) is 6.61 Å². The third kappa shape index (κ3) is 1.37. The Morgan fingerprint density at radius 3 is 3.06 bits per heavy atom. The van der Waals surface area contributed by atoms with Crippen LogP contribution in [-0.2, 0) is 21.5 Å². The fraction of sp³-hybridized carbons (Fsp3) is 0.429. The molecule has 1 aromatic rings. The molecule has 0 aromatic heterocycles. The van der Waals surface area contributed by atoms with Crippen LogP contribution in [0.2, 0.25) is 0 Å². The van der Waals surface area contributed by atoms with Crippen LogP contribution >= 0.6 is 0 Å². The van der Waals surface area contributed by atoms with E-state index in [-0.39, 0.29) is 17.6 Å². The van der Waals surface area contributed by atoms with Crippen molar-refractivity contribution in [1.82, 2.24) is 5.32 Å². The zero-order chi connectivity index (χ0) is 12.8. The number of ether oxygens (including phenoxy) is 1. The molecule has 1 N–H and O–H groups in total. The first-order valence-corrected chi connectivity index (χ1v) is 6.15. The smallest absolute Gasteiger partial charge is 0.225 e. The number of fused-ring (bicyclic) bond motifs is 2. The number of nitrogens with one attached hydrogen (secondary N) is 1. The minimum Gasteiger partial charge on any atom is -0.372 e. The predicted octanol–water partition coefficient (Wildman–Crippen LogP) is 1.23. The van der Waals surface area contributed by atoms with E-state index in [1.165, 1.54) is 0 Å². The molecule has 1 saturated heterocycles. The van der Waals surface area contributed by atoms with E-state index in [2.05, 4.69) is 18.3 Å². The maximum Gasteiger partial charge on any atom is 0.225 e. The highest BCUT2D eigenvalue weighted by Crippen LogP contribution is 2.41. The minimum absolute atomic E-state index is 0.0133. The number of carbonyl (C=O) groups is 1. The van der Waals surface area contributed by atoms with Gasteiger partial charge in [0.05, 0.1) is 30.8 Å². The number of rotatable bonds is 1. The van der Waals surface area contributed by atoms with Crippen LogP contribution in [0.3, 0.4) is 0 Å². The highest BCUT2D eigenvalue weighted by atomic mass is 16.5. The fourth-order valence-electron chi connectivity index (χ4n) is 2.98. The highest BCUT2D eigenvalue weighted by Gasteiger charge is 2.52. The van der Waals surface area contributed by atoms with E-state index in [4.69, 9.17) is 10.00 Å². The second kappa shape index (κ2) is 3.82. The Labute approximate surface area is 106 Å². The lowest BCUT2D eigenvalue weighted by atomic mass is 9.74. The number of nitriles is 1. The van der Waals surface area contributed by atoms with Crippen LogP contribution in [0.1, 0.15) is 30.0 Å². The predicted molar refractivity (Wildman–Crippen MR) is 64.7 cm³/mol. The van der Waals surface area contributed by atoms with Crippen molar-refractivity contribution in [3.05, 3.63) is 34.9 Å².